The average Bonchev–Trinajstić information content (AvgIpc) is 2.69. The second-order valence-corrected chi connectivity index (χ2v) is 10.3. The summed E-state index contributed by atoms with van der Waals surface area (Å²) in [5, 5.41) is 5.31. The number of alkyl carbamates (subject to hydrolysis) is 2. The molecule has 1 aliphatic heterocycles. The molecule has 1 aromatic carbocycles. The first-order valence-electron chi connectivity index (χ1n) is 11.4. The third-order valence-corrected chi connectivity index (χ3v) is 4.78. The number of amides is 3. The molecule has 0 aromatic heterocycles. The van der Waals surface area contributed by atoms with Crippen LogP contribution in [0.3, 0.4) is 0 Å². The summed E-state index contributed by atoms with van der Waals surface area (Å²) in [5.74, 6) is 0.0613. The highest BCUT2D eigenvalue weighted by Crippen LogP contribution is 2.25. The fourth-order valence-electron chi connectivity index (χ4n) is 3.38. The number of nitrogens with zero attached hydrogens (tertiary/aromatic N) is 1. The van der Waals surface area contributed by atoms with Crippen molar-refractivity contribution >= 4 is 18.3 Å². The zero-order valence-corrected chi connectivity index (χ0v) is 21.2. The smallest absolute Gasteiger partial charge is 0.413 e. The summed E-state index contributed by atoms with van der Waals surface area (Å²) < 4.78 is 16.1. The summed E-state index contributed by atoms with van der Waals surface area (Å²) in [5.41, 5.74) is 0.280. The van der Waals surface area contributed by atoms with Gasteiger partial charge in [-0.1, -0.05) is 37.3 Å². The summed E-state index contributed by atoms with van der Waals surface area (Å²) in [6.07, 6.45) is -1.36. The van der Waals surface area contributed by atoms with Gasteiger partial charge in [0.15, 0.2) is 0 Å². The van der Waals surface area contributed by atoms with Gasteiger partial charge in [0, 0.05) is 13.1 Å². The lowest BCUT2D eigenvalue weighted by Crippen LogP contribution is -2.45. The second kappa shape index (κ2) is 11.3. The molecule has 1 saturated heterocycles. The highest BCUT2D eigenvalue weighted by atomic mass is 16.6. The Morgan fingerprint density at radius 3 is 1.94 bits per heavy atom. The molecule has 0 radical (unpaired) electrons. The quantitative estimate of drug-likeness (QED) is 0.599. The van der Waals surface area contributed by atoms with Gasteiger partial charge in [-0.05, 0) is 65.0 Å². The zero-order valence-electron chi connectivity index (χ0n) is 21.2. The molecule has 1 aliphatic rings. The highest BCUT2D eigenvalue weighted by Gasteiger charge is 2.30. The van der Waals surface area contributed by atoms with Gasteiger partial charge < -0.3 is 19.1 Å². The molecule has 1 atom stereocenters. The summed E-state index contributed by atoms with van der Waals surface area (Å²) in [7, 11) is 0. The van der Waals surface area contributed by atoms with Crippen LogP contribution < -0.4 is 10.6 Å². The SMILES string of the molecule is C[C@@H]1CN(C(=O)OCc2ccccc2)CCC1=C(NC(=O)OC(C)(C)C)NC(=O)OC(C)(C)C. The monoisotopic (exact) mass is 475 g/mol. The van der Waals surface area contributed by atoms with E-state index in [9.17, 15) is 14.4 Å². The topological polar surface area (TPSA) is 106 Å². The van der Waals surface area contributed by atoms with E-state index in [0.717, 1.165) is 11.1 Å². The molecule has 188 valence electrons. The van der Waals surface area contributed by atoms with Crippen LogP contribution in [-0.2, 0) is 20.8 Å². The van der Waals surface area contributed by atoms with E-state index in [1.807, 2.05) is 37.3 Å². The van der Waals surface area contributed by atoms with E-state index in [1.165, 1.54) is 0 Å². The molecule has 0 spiro atoms. The van der Waals surface area contributed by atoms with Crippen LogP contribution in [0.4, 0.5) is 14.4 Å². The molecule has 0 unspecified atom stereocenters. The molecule has 9 heteroatoms. The van der Waals surface area contributed by atoms with Gasteiger partial charge >= 0.3 is 18.3 Å². The molecule has 2 rings (SSSR count). The number of ether oxygens (including phenoxy) is 3. The van der Waals surface area contributed by atoms with Crippen molar-refractivity contribution in [3.63, 3.8) is 0 Å². The van der Waals surface area contributed by atoms with Gasteiger partial charge in [-0.3, -0.25) is 10.6 Å². The minimum Gasteiger partial charge on any atom is -0.445 e. The average molecular weight is 476 g/mol. The zero-order chi connectivity index (χ0) is 25.5. The van der Waals surface area contributed by atoms with Gasteiger partial charge in [0.05, 0.1) is 0 Å². The largest absolute Gasteiger partial charge is 0.445 e. The van der Waals surface area contributed by atoms with Crippen molar-refractivity contribution in [2.45, 2.75) is 72.7 Å². The number of nitrogens with one attached hydrogen (secondary N) is 2. The van der Waals surface area contributed by atoms with Crippen LogP contribution >= 0.6 is 0 Å². The fraction of sp³-hybridized carbons (Fsp3) is 0.560. The maximum absolute atomic E-state index is 12.6. The Labute approximate surface area is 201 Å². The van der Waals surface area contributed by atoms with E-state index in [-0.39, 0.29) is 18.3 Å². The summed E-state index contributed by atoms with van der Waals surface area (Å²) in [6, 6.07) is 9.47. The summed E-state index contributed by atoms with van der Waals surface area (Å²) in [4.78, 5) is 39.1. The van der Waals surface area contributed by atoms with Crippen LogP contribution in [0.2, 0.25) is 0 Å². The summed E-state index contributed by atoms with van der Waals surface area (Å²) in [6.45, 7) is 13.4. The Morgan fingerprint density at radius 2 is 1.47 bits per heavy atom. The minimum absolute atomic E-state index is 0.155. The van der Waals surface area contributed by atoms with Crippen molar-refractivity contribution in [2.75, 3.05) is 13.1 Å². The Balaban J connectivity index is 2.11. The predicted molar refractivity (Wildman–Crippen MR) is 128 cm³/mol. The van der Waals surface area contributed by atoms with Crippen LogP contribution in [-0.4, -0.2) is 47.5 Å². The first kappa shape index (κ1) is 27.0. The van der Waals surface area contributed by atoms with Gasteiger partial charge in [0.2, 0.25) is 0 Å². The molecule has 3 amide bonds. The van der Waals surface area contributed by atoms with E-state index in [2.05, 4.69) is 10.6 Å². The second-order valence-electron chi connectivity index (χ2n) is 10.3. The highest BCUT2D eigenvalue weighted by molar-refractivity contribution is 5.75. The molecule has 1 fully saturated rings. The lowest BCUT2D eigenvalue weighted by molar-refractivity contribution is 0.0502. The van der Waals surface area contributed by atoms with Gasteiger partial charge in [-0.25, -0.2) is 14.4 Å². The number of rotatable bonds is 4. The first-order valence-corrected chi connectivity index (χ1v) is 11.4. The third kappa shape index (κ3) is 9.33. The number of piperidine rings is 1. The van der Waals surface area contributed by atoms with E-state index in [4.69, 9.17) is 14.2 Å². The number of carbonyl (C=O) groups is 3. The number of hydrogen-bond acceptors (Lipinski definition) is 6. The van der Waals surface area contributed by atoms with Gasteiger partial charge in [-0.15, -0.1) is 0 Å². The lowest BCUT2D eigenvalue weighted by atomic mass is 9.93. The number of carbonyl (C=O) groups excluding carboxylic acids is 3. The third-order valence-electron chi connectivity index (χ3n) is 4.78. The van der Waals surface area contributed by atoms with Crippen molar-refractivity contribution < 1.29 is 28.6 Å². The Hall–Kier alpha value is -3.23. The lowest BCUT2D eigenvalue weighted by Gasteiger charge is -2.34. The number of benzene rings is 1. The Morgan fingerprint density at radius 1 is 0.941 bits per heavy atom. The molecule has 2 N–H and O–H groups in total. The van der Waals surface area contributed by atoms with Crippen molar-refractivity contribution in [3.05, 3.63) is 47.3 Å². The van der Waals surface area contributed by atoms with Crippen LogP contribution in [0.15, 0.2) is 41.7 Å². The van der Waals surface area contributed by atoms with E-state index in [0.29, 0.717) is 19.5 Å². The van der Waals surface area contributed by atoms with Crippen LogP contribution in [0.1, 0.15) is 60.5 Å². The van der Waals surface area contributed by atoms with Crippen LogP contribution in [0.5, 0.6) is 0 Å². The van der Waals surface area contributed by atoms with E-state index < -0.39 is 29.5 Å². The Bertz CT molecular complexity index is 867. The van der Waals surface area contributed by atoms with Crippen molar-refractivity contribution in [2.24, 2.45) is 5.92 Å². The van der Waals surface area contributed by atoms with Gasteiger partial charge in [-0.2, -0.15) is 0 Å². The van der Waals surface area contributed by atoms with E-state index >= 15 is 0 Å². The Kier molecular flexibility index (Phi) is 8.95. The van der Waals surface area contributed by atoms with Crippen molar-refractivity contribution in [3.8, 4) is 0 Å². The van der Waals surface area contributed by atoms with Crippen molar-refractivity contribution in [1.82, 2.24) is 15.5 Å². The van der Waals surface area contributed by atoms with Gasteiger partial charge in [0.25, 0.3) is 0 Å². The number of likely N-dealkylation sites (tertiary alicyclic amines) is 1. The van der Waals surface area contributed by atoms with Gasteiger partial charge in [0.1, 0.15) is 23.6 Å². The van der Waals surface area contributed by atoms with E-state index in [1.54, 1.807) is 46.4 Å². The summed E-state index contributed by atoms with van der Waals surface area (Å²) >= 11 is 0. The molecule has 1 heterocycles. The molecule has 1 aromatic rings. The predicted octanol–water partition coefficient (Wildman–Crippen LogP) is 4.93. The molecular formula is C25H37N3O6. The molecule has 34 heavy (non-hydrogen) atoms. The normalized spacial score (nSPS) is 16.4. The fourth-order valence-corrected chi connectivity index (χ4v) is 3.38. The molecule has 0 aliphatic carbocycles. The molecule has 9 nitrogen and oxygen atoms in total. The maximum atomic E-state index is 12.6. The van der Waals surface area contributed by atoms with Crippen LogP contribution in [0.25, 0.3) is 0 Å². The van der Waals surface area contributed by atoms with Crippen LogP contribution in [0, 0.1) is 5.92 Å². The first-order chi connectivity index (χ1) is 15.7. The standard InChI is InChI=1S/C25H37N3O6/c1-17-15-28(23(31)32-16-18-11-9-8-10-12-18)14-13-19(17)20(26-21(29)33-24(2,3)4)27-22(30)34-25(5,6)7/h8-12,17H,13-16H2,1-7H3,(H,26,29)(H,27,30)/t17-/m1/s1. The number of hydrogen-bond donors (Lipinski definition) is 2. The molecular weight excluding hydrogens is 438 g/mol. The molecule has 0 bridgehead atoms. The minimum atomic E-state index is -0.705. The van der Waals surface area contributed by atoms with Crippen molar-refractivity contribution in [1.29, 1.82) is 0 Å². The maximum Gasteiger partial charge on any atom is 0.413 e. The molecule has 0 saturated carbocycles.